The first-order valence-electron chi connectivity index (χ1n) is 9.42. The second-order valence-electron chi connectivity index (χ2n) is 8.12. The summed E-state index contributed by atoms with van der Waals surface area (Å²) in [4.78, 5) is 29.8. The van der Waals surface area contributed by atoms with E-state index in [1.54, 1.807) is 27.9 Å². The van der Waals surface area contributed by atoms with Crippen LogP contribution in [0.3, 0.4) is 0 Å². The largest absolute Gasteiger partial charge is 0.497 e. The minimum Gasteiger partial charge on any atom is -0.497 e. The lowest BCUT2D eigenvalue weighted by molar-refractivity contribution is -0.142. The molecule has 1 aliphatic heterocycles. The summed E-state index contributed by atoms with van der Waals surface area (Å²) in [6.07, 6.45) is -1.02. The Kier molecular flexibility index (Phi) is 5.55. The summed E-state index contributed by atoms with van der Waals surface area (Å²) in [6.45, 7) is 7.18. The van der Waals surface area contributed by atoms with Gasteiger partial charge in [0.1, 0.15) is 23.5 Å². The molecule has 0 saturated carbocycles. The van der Waals surface area contributed by atoms with Gasteiger partial charge in [0.2, 0.25) is 5.88 Å². The molecule has 1 amide bonds. The monoisotopic (exact) mass is 402 g/mol. The van der Waals surface area contributed by atoms with E-state index in [1.807, 2.05) is 31.2 Å². The number of carbonyl (C=O) groups excluding carboxylic acids is 1. The molecule has 0 aliphatic carbocycles. The van der Waals surface area contributed by atoms with E-state index in [1.165, 1.54) is 4.90 Å². The van der Waals surface area contributed by atoms with E-state index in [9.17, 15) is 14.7 Å². The zero-order valence-corrected chi connectivity index (χ0v) is 17.3. The summed E-state index contributed by atoms with van der Waals surface area (Å²) in [7, 11) is 1.60. The fraction of sp³-hybridized carbons (Fsp3) is 0.476. The number of carboxylic acid groups (broad SMARTS) is 1. The number of fused-ring (bicyclic) bond motifs is 1. The fourth-order valence-corrected chi connectivity index (χ4v) is 3.35. The van der Waals surface area contributed by atoms with Crippen LogP contribution in [0.1, 0.15) is 32.9 Å². The van der Waals surface area contributed by atoms with Crippen LogP contribution >= 0.6 is 0 Å². The molecule has 156 valence electrons. The molecule has 1 aliphatic rings. The van der Waals surface area contributed by atoms with Gasteiger partial charge in [-0.25, -0.2) is 14.6 Å². The molecule has 1 N–H and O–H groups in total. The molecule has 2 aromatic rings. The highest BCUT2D eigenvalue weighted by molar-refractivity contribution is 5.88. The van der Waals surface area contributed by atoms with Gasteiger partial charge < -0.3 is 19.3 Å². The van der Waals surface area contributed by atoms with Crippen molar-refractivity contribution in [2.24, 2.45) is 0 Å². The first-order chi connectivity index (χ1) is 13.6. The smallest absolute Gasteiger partial charge is 0.411 e. The van der Waals surface area contributed by atoms with Crippen molar-refractivity contribution in [1.82, 2.24) is 9.88 Å². The summed E-state index contributed by atoms with van der Waals surface area (Å²) in [6, 6.07) is 6.47. The van der Waals surface area contributed by atoms with E-state index < -0.39 is 29.8 Å². The zero-order valence-electron chi connectivity index (χ0n) is 17.3. The van der Waals surface area contributed by atoms with E-state index in [0.29, 0.717) is 5.88 Å². The molecule has 2 heterocycles. The second kappa shape index (κ2) is 7.77. The molecule has 0 radical (unpaired) electrons. The molecule has 29 heavy (non-hydrogen) atoms. The number of aryl methyl sites for hydroxylation is 1. The lowest BCUT2D eigenvalue weighted by Crippen LogP contribution is -2.43. The highest BCUT2D eigenvalue weighted by Crippen LogP contribution is 2.31. The number of hydrogen-bond acceptors (Lipinski definition) is 6. The molecule has 0 unspecified atom stereocenters. The van der Waals surface area contributed by atoms with Crippen LogP contribution in [0.25, 0.3) is 10.8 Å². The van der Waals surface area contributed by atoms with Crippen LogP contribution in [-0.2, 0) is 9.53 Å². The Hall–Kier alpha value is -3.03. The molecular formula is C21H26N2O6. The van der Waals surface area contributed by atoms with Gasteiger partial charge in [-0.2, -0.15) is 0 Å². The molecule has 3 rings (SSSR count). The lowest BCUT2D eigenvalue weighted by Gasteiger charge is -2.26. The van der Waals surface area contributed by atoms with E-state index >= 15 is 0 Å². The molecule has 8 nitrogen and oxygen atoms in total. The molecule has 2 atom stereocenters. The van der Waals surface area contributed by atoms with Crippen molar-refractivity contribution in [2.75, 3.05) is 13.7 Å². The Morgan fingerprint density at radius 3 is 2.59 bits per heavy atom. The van der Waals surface area contributed by atoms with Gasteiger partial charge in [-0.15, -0.1) is 0 Å². The quantitative estimate of drug-likeness (QED) is 0.837. The van der Waals surface area contributed by atoms with Crippen molar-refractivity contribution < 1.29 is 28.9 Å². The van der Waals surface area contributed by atoms with E-state index in [-0.39, 0.29) is 13.0 Å². The SMILES string of the molecule is COc1ccc2c(O[C@@H]3C[C@@H](C(=O)O)N(C(=O)OC(C)(C)C)C3)nc(C)cc2c1. The number of pyridine rings is 1. The van der Waals surface area contributed by atoms with Gasteiger partial charge in [0.25, 0.3) is 0 Å². The third-order valence-electron chi connectivity index (χ3n) is 4.59. The number of aliphatic carboxylic acids is 1. The first-order valence-corrected chi connectivity index (χ1v) is 9.42. The molecule has 1 aromatic heterocycles. The molecule has 1 saturated heterocycles. The van der Waals surface area contributed by atoms with Gasteiger partial charge in [-0.3, -0.25) is 4.90 Å². The van der Waals surface area contributed by atoms with Gasteiger partial charge >= 0.3 is 12.1 Å². The third-order valence-corrected chi connectivity index (χ3v) is 4.59. The first kappa shape index (κ1) is 20.7. The number of amides is 1. The Bertz CT molecular complexity index is 937. The molecule has 1 aromatic carbocycles. The average Bonchev–Trinajstić information content (AvgIpc) is 3.04. The molecule has 8 heteroatoms. The summed E-state index contributed by atoms with van der Waals surface area (Å²) in [5.41, 5.74) is 0.0458. The number of carboxylic acids is 1. The van der Waals surface area contributed by atoms with Crippen LogP contribution < -0.4 is 9.47 Å². The Labute approximate surface area is 169 Å². The molecule has 1 fully saturated rings. The minimum atomic E-state index is -1.09. The number of nitrogens with zero attached hydrogens (tertiary/aromatic N) is 2. The predicted octanol–water partition coefficient (Wildman–Crippen LogP) is 3.39. The number of carbonyl (C=O) groups is 2. The number of ether oxygens (including phenoxy) is 3. The highest BCUT2D eigenvalue weighted by atomic mass is 16.6. The summed E-state index contributed by atoms with van der Waals surface area (Å²) in [5, 5.41) is 11.3. The topological polar surface area (TPSA) is 98.2 Å². The van der Waals surface area contributed by atoms with Gasteiger partial charge in [-0.1, -0.05) is 0 Å². The van der Waals surface area contributed by atoms with Gasteiger partial charge in [-0.05, 0) is 57.3 Å². The Balaban J connectivity index is 1.85. The Morgan fingerprint density at radius 1 is 1.24 bits per heavy atom. The molecular weight excluding hydrogens is 376 g/mol. The van der Waals surface area contributed by atoms with Crippen molar-refractivity contribution >= 4 is 22.8 Å². The predicted molar refractivity (Wildman–Crippen MR) is 106 cm³/mol. The van der Waals surface area contributed by atoms with Crippen LogP contribution in [0, 0.1) is 6.92 Å². The number of aromatic nitrogens is 1. The zero-order chi connectivity index (χ0) is 21.3. The molecule has 0 spiro atoms. The minimum absolute atomic E-state index is 0.110. The van der Waals surface area contributed by atoms with Crippen molar-refractivity contribution in [3.05, 3.63) is 30.0 Å². The highest BCUT2D eigenvalue weighted by Gasteiger charge is 2.43. The summed E-state index contributed by atoms with van der Waals surface area (Å²) < 4.78 is 16.7. The maximum absolute atomic E-state index is 12.5. The van der Waals surface area contributed by atoms with E-state index in [2.05, 4.69) is 4.98 Å². The van der Waals surface area contributed by atoms with Crippen molar-refractivity contribution in [2.45, 2.75) is 51.9 Å². The van der Waals surface area contributed by atoms with Crippen molar-refractivity contribution in [3.63, 3.8) is 0 Å². The number of likely N-dealkylation sites (tertiary alicyclic amines) is 1. The van der Waals surface area contributed by atoms with Gasteiger partial charge in [0, 0.05) is 17.5 Å². The lowest BCUT2D eigenvalue weighted by atomic mass is 10.1. The normalized spacial score (nSPS) is 19.3. The van der Waals surface area contributed by atoms with Crippen LogP contribution in [0.4, 0.5) is 4.79 Å². The van der Waals surface area contributed by atoms with Crippen LogP contribution in [0.2, 0.25) is 0 Å². The third kappa shape index (κ3) is 4.70. The van der Waals surface area contributed by atoms with E-state index in [0.717, 1.165) is 22.2 Å². The van der Waals surface area contributed by atoms with Crippen LogP contribution in [0.5, 0.6) is 11.6 Å². The number of benzene rings is 1. The standard InChI is InChI=1S/C21H26N2O6/c1-12-8-13-9-14(27-5)6-7-16(13)18(22-12)28-15-10-17(19(24)25)23(11-15)20(26)29-21(2,3)4/h6-9,15,17H,10-11H2,1-5H3,(H,24,25)/t15-,17+/m1/s1. The number of hydrogen-bond donors (Lipinski definition) is 1. The van der Waals surface area contributed by atoms with Gasteiger partial charge in [0.15, 0.2) is 0 Å². The number of methoxy groups -OCH3 is 1. The molecule has 0 bridgehead atoms. The van der Waals surface area contributed by atoms with Gasteiger partial charge in [0.05, 0.1) is 13.7 Å². The van der Waals surface area contributed by atoms with Crippen molar-refractivity contribution in [3.8, 4) is 11.6 Å². The van der Waals surface area contributed by atoms with Crippen LogP contribution in [-0.4, -0.2) is 58.5 Å². The fourth-order valence-electron chi connectivity index (χ4n) is 3.35. The summed E-state index contributed by atoms with van der Waals surface area (Å²) in [5.74, 6) is 0.0357. The Morgan fingerprint density at radius 2 is 1.97 bits per heavy atom. The maximum atomic E-state index is 12.5. The number of rotatable bonds is 4. The summed E-state index contributed by atoms with van der Waals surface area (Å²) >= 11 is 0. The van der Waals surface area contributed by atoms with Crippen molar-refractivity contribution in [1.29, 1.82) is 0 Å². The van der Waals surface area contributed by atoms with Crippen LogP contribution in [0.15, 0.2) is 24.3 Å². The van der Waals surface area contributed by atoms with E-state index in [4.69, 9.17) is 14.2 Å². The second-order valence-corrected chi connectivity index (χ2v) is 8.12. The maximum Gasteiger partial charge on any atom is 0.411 e. The average molecular weight is 402 g/mol.